The van der Waals surface area contributed by atoms with E-state index in [1.807, 2.05) is 0 Å². The first-order valence-corrected chi connectivity index (χ1v) is 5.81. The lowest BCUT2D eigenvalue weighted by Gasteiger charge is -2.06. The molecule has 1 aliphatic carbocycles. The first-order valence-electron chi connectivity index (χ1n) is 5.81. The molecule has 1 heterocycles. The minimum atomic E-state index is -0.278. The van der Waals surface area contributed by atoms with Crippen LogP contribution in [0.3, 0.4) is 0 Å². The highest BCUT2D eigenvalue weighted by atomic mass is 16.5. The number of ether oxygens (including phenoxy) is 1. The summed E-state index contributed by atoms with van der Waals surface area (Å²) < 4.78 is 10.4. The maximum absolute atomic E-state index is 5.55. The Morgan fingerprint density at radius 1 is 1.56 bits per heavy atom. The molecule has 1 saturated carbocycles. The fourth-order valence-corrected chi connectivity index (χ4v) is 2.28. The lowest BCUT2D eigenvalue weighted by atomic mass is 10.1. The minimum absolute atomic E-state index is 0.278. The van der Waals surface area contributed by atoms with Crippen LogP contribution in [0.4, 0.5) is 0 Å². The van der Waals surface area contributed by atoms with Gasteiger partial charge in [0, 0.05) is 19.6 Å². The highest BCUT2D eigenvalue weighted by Crippen LogP contribution is 2.36. The third-order valence-electron chi connectivity index (χ3n) is 3.29. The number of rotatable bonds is 4. The van der Waals surface area contributed by atoms with E-state index in [9.17, 15) is 0 Å². The molecule has 16 heavy (non-hydrogen) atoms. The summed E-state index contributed by atoms with van der Waals surface area (Å²) in [4.78, 5) is 4.39. The van der Waals surface area contributed by atoms with Gasteiger partial charge in [0.25, 0.3) is 5.89 Å². The molecule has 0 aromatic carbocycles. The Labute approximate surface area is 95.3 Å². The van der Waals surface area contributed by atoms with Gasteiger partial charge in [-0.1, -0.05) is 12.1 Å². The molecule has 90 valence electrons. The van der Waals surface area contributed by atoms with Crippen LogP contribution in [-0.4, -0.2) is 23.8 Å². The average Bonchev–Trinajstić information content (AvgIpc) is 2.89. The van der Waals surface area contributed by atoms with Crippen LogP contribution >= 0.6 is 0 Å². The van der Waals surface area contributed by atoms with Crippen LogP contribution in [0.25, 0.3) is 0 Å². The van der Waals surface area contributed by atoms with Crippen molar-refractivity contribution in [3.8, 4) is 0 Å². The summed E-state index contributed by atoms with van der Waals surface area (Å²) in [6.07, 6.45) is 3.28. The van der Waals surface area contributed by atoms with Gasteiger partial charge in [0.2, 0.25) is 0 Å². The molecule has 1 aromatic rings. The lowest BCUT2D eigenvalue weighted by molar-refractivity contribution is 0.0803. The molecule has 1 fully saturated rings. The van der Waals surface area contributed by atoms with Gasteiger partial charge in [-0.25, -0.2) is 0 Å². The number of hydrogen-bond acceptors (Lipinski definition) is 5. The van der Waals surface area contributed by atoms with E-state index in [2.05, 4.69) is 17.1 Å². The van der Waals surface area contributed by atoms with Crippen molar-refractivity contribution in [1.29, 1.82) is 0 Å². The number of nitrogens with two attached hydrogens (primary N) is 1. The van der Waals surface area contributed by atoms with Crippen molar-refractivity contribution in [2.45, 2.75) is 38.2 Å². The SMILES string of the molecule is COC(CN)c1nc(C2CCC(C)C2)no1. The van der Waals surface area contributed by atoms with Gasteiger partial charge in [-0.05, 0) is 25.2 Å². The Bertz CT molecular complexity index is 336. The van der Waals surface area contributed by atoms with Crippen LogP contribution in [0, 0.1) is 5.92 Å². The number of aromatic nitrogens is 2. The monoisotopic (exact) mass is 225 g/mol. The van der Waals surface area contributed by atoms with Crippen LogP contribution in [0.5, 0.6) is 0 Å². The zero-order chi connectivity index (χ0) is 11.5. The Kier molecular flexibility index (Phi) is 3.56. The summed E-state index contributed by atoms with van der Waals surface area (Å²) in [5.41, 5.74) is 5.55. The van der Waals surface area contributed by atoms with Crippen molar-refractivity contribution >= 4 is 0 Å². The summed E-state index contributed by atoms with van der Waals surface area (Å²) in [7, 11) is 1.60. The van der Waals surface area contributed by atoms with Crippen molar-refractivity contribution in [1.82, 2.24) is 10.1 Å². The van der Waals surface area contributed by atoms with Crippen molar-refractivity contribution in [2.24, 2.45) is 11.7 Å². The first-order chi connectivity index (χ1) is 7.74. The minimum Gasteiger partial charge on any atom is -0.370 e. The van der Waals surface area contributed by atoms with E-state index in [1.165, 1.54) is 6.42 Å². The lowest BCUT2D eigenvalue weighted by Crippen LogP contribution is -2.14. The molecular formula is C11H19N3O2. The van der Waals surface area contributed by atoms with Crippen molar-refractivity contribution < 1.29 is 9.26 Å². The van der Waals surface area contributed by atoms with Crippen LogP contribution in [0.15, 0.2) is 4.52 Å². The van der Waals surface area contributed by atoms with E-state index < -0.39 is 0 Å². The quantitative estimate of drug-likeness (QED) is 0.842. The highest BCUT2D eigenvalue weighted by molar-refractivity contribution is 5.00. The van der Waals surface area contributed by atoms with Crippen LogP contribution in [0.2, 0.25) is 0 Å². The largest absolute Gasteiger partial charge is 0.370 e. The third-order valence-corrected chi connectivity index (χ3v) is 3.29. The molecule has 3 atom stereocenters. The zero-order valence-electron chi connectivity index (χ0n) is 9.85. The van der Waals surface area contributed by atoms with E-state index in [0.717, 1.165) is 24.6 Å². The molecule has 5 nitrogen and oxygen atoms in total. The molecular weight excluding hydrogens is 206 g/mol. The van der Waals surface area contributed by atoms with Crippen molar-refractivity contribution in [3.05, 3.63) is 11.7 Å². The second kappa shape index (κ2) is 4.93. The number of nitrogens with zero attached hydrogens (tertiary/aromatic N) is 2. The fourth-order valence-electron chi connectivity index (χ4n) is 2.28. The van der Waals surface area contributed by atoms with Gasteiger partial charge >= 0.3 is 0 Å². The molecule has 5 heteroatoms. The van der Waals surface area contributed by atoms with Gasteiger partial charge < -0.3 is 15.0 Å². The van der Waals surface area contributed by atoms with Crippen LogP contribution in [0.1, 0.15) is 49.9 Å². The second-order valence-corrected chi connectivity index (χ2v) is 4.57. The molecule has 0 spiro atoms. The zero-order valence-corrected chi connectivity index (χ0v) is 9.85. The molecule has 2 rings (SSSR count). The summed E-state index contributed by atoms with van der Waals surface area (Å²) in [6, 6.07) is 0. The predicted octanol–water partition coefficient (Wildman–Crippen LogP) is 1.62. The Balaban J connectivity index is 2.07. The Morgan fingerprint density at radius 3 is 2.94 bits per heavy atom. The molecule has 0 bridgehead atoms. The average molecular weight is 225 g/mol. The molecule has 0 aliphatic heterocycles. The van der Waals surface area contributed by atoms with Gasteiger partial charge in [-0.3, -0.25) is 0 Å². The van der Waals surface area contributed by atoms with E-state index in [1.54, 1.807) is 7.11 Å². The number of methoxy groups -OCH3 is 1. The Morgan fingerprint density at radius 2 is 2.38 bits per heavy atom. The summed E-state index contributed by atoms with van der Waals surface area (Å²) in [5.74, 6) is 2.52. The molecule has 1 aromatic heterocycles. The van der Waals surface area contributed by atoms with E-state index >= 15 is 0 Å². The summed E-state index contributed by atoms with van der Waals surface area (Å²) in [6.45, 7) is 2.62. The van der Waals surface area contributed by atoms with E-state index in [-0.39, 0.29) is 6.10 Å². The van der Waals surface area contributed by atoms with Crippen molar-refractivity contribution in [3.63, 3.8) is 0 Å². The van der Waals surface area contributed by atoms with E-state index in [4.69, 9.17) is 15.0 Å². The summed E-state index contributed by atoms with van der Waals surface area (Å²) >= 11 is 0. The smallest absolute Gasteiger partial charge is 0.257 e. The summed E-state index contributed by atoms with van der Waals surface area (Å²) in [5, 5.41) is 4.03. The molecule has 0 radical (unpaired) electrons. The molecule has 1 aliphatic rings. The maximum atomic E-state index is 5.55. The van der Waals surface area contributed by atoms with Crippen LogP contribution < -0.4 is 5.73 Å². The van der Waals surface area contributed by atoms with Crippen molar-refractivity contribution in [2.75, 3.05) is 13.7 Å². The molecule has 0 amide bonds. The van der Waals surface area contributed by atoms with Crippen LogP contribution in [-0.2, 0) is 4.74 Å². The standard InChI is InChI=1S/C11H19N3O2/c1-7-3-4-8(5-7)10-13-11(16-14-10)9(6-12)15-2/h7-9H,3-6,12H2,1-2H3. The number of hydrogen-bond donors (Lipinski definition) is 1. The van der Waals surface area contributed by atoms with Gasteiger partial charge in [0.1, 0.15) is 6.10 Å². The van der Waals surface area contributed by atoms with Gasteiger partial charge in [-0.2, -0.15) is 4.98 Å². The van der Waals surface area contributed by atoms with Gasteiger partial charge in [0.15, 0.2) is 5.82 Å². The molecule has 2 N–H and O–H groups in total. The normalized spacial score (nSPS) is 27.2. The second-order valence-electron chi connectivity index (χ2n) is 4.57. The van der Waals surface area contributed by atoms with E-state index in [0.29, 0.717) is 18.4 Å². The topological polar surface area (TPSA) is 74.2 Å². The predicted molar refractivity (Wildman–Crippen MR) is 58.9 cm³/mol. The molecule has 0 saturated heterocycles. The van der Waals surface area contributed by atoms with Gasteiger partial charge in [0.05, 0.1) is 0 Å². The first kappa shape index (κ1) is 11.5. The molecule has 3 unspecified atom stereocenters. The van der Waals surface area contributed by atoms with Gasteiger partial charge in [-0.15, -0.1) is 0 Å². The fraction of sp³-hybridized carbons (Fsp3) is 0.818. The third kappa shape index (κ3) is 2.25. The Hall–Kier alpha value is -0.940. The highest BCUT2D eigenvalue weighted by Gasteiger charge is 2.28. The maximum Gasteiger partial charge on any atom is 0.257 e.